The summed E-state index contributed by atoms with van der Waals surface area (Å²) in [7, 11) is -3.71. The molecule has 4 N–H and O–H groups in total. The highest BCUT2D eigenvalue weighted by molar-refractivity contribution is 7.88. The molecule has 0 aliphatic heterocycles. The van der Waals surface area contributed by atoms with Crippen LogP contribution in [0.3, 0.4) is 0 Å². The number of hydrogen-bond acceptors (Lipinski definition) is 4. The van der Waals surface area contributed by atoms with Crippen molar-refractivity contribution in [3.05, 3.63) is 59.3 Å². The topological polar surface area (TPSA) is 118 Å². The number of anilines is 1. The summed E-state index contributed by atoms with van der Waals surface area (Å²) in [5, 5.41) is 15.4. The van der Waals surface area contributed by atoms with Crippen LogP contribution in [0, 0.1) is 6.92 Å². The molecule has 2 aromatic carbocycles. The number of primary sulfonamides is 1. The van der Waals surface area contributed by atoms with Gasteiger partial charge >= 0.3 is 0 Å². The number of hydrogen-bond donors (Lipinski definition) is 3. The Labute approximate surface area is 138 Å². The molecule has 0 fully saturated rings. The normalized spacial score (nSPS) is 11.6. The third kappa shape index (κ3) is 3.44. The van der Waals surface area contributed by atoms with E-state index in [9.17, 15) is 13.2 Å². The second kappa shape index (κ2) is 6.06. The van der Waals surface area contributed by atoms with E-state index in [1.165, 1.54) is 0 Å². The van der Waals surface area contributed by atoms with Crippen LogP contribution in [0.5, 0.6) is 0 Å². The number of nitrogens with one attached hydrogen (secondary N) is 2. The van der Waals surface area contributed by atoms with Crippen molar-refractivity contribution < 1.29 is 13.2 Å². The Balaban J connectivity index is 1.95. The molecule has 0 atom stereocenters. The van der Waals surface area contributed by atoms with Gasteiger partial charge in [-0.05, 0) is 24.6 Å². The first-order valence-electron chi connectivity index (χ1n) is 7.18. The highest BCUT2D eigenvalue weighted by atomic mass is 32.2. The summed E-state index contributed by atoms with van der Waals surface area (Å²) < 4.78 is 22.8. The summed E-state index contributed by atoms with van der Waals surface area (Å²) in [5.41, 5.74) is 2.69. The molecule has 1 aromatic heterocycles. The Bertz CT molecular complexity index is 1020. The summed E-state index contributed by atoms with van der Waals surface area (Å²) in [6.07, 6.45) is 0. The molecule has 0 aliphatic rings. The fourth-order valence-electron chi connectivity index (χ4n) is 2.50. The molecule has 8 heteroatoms. The zero-order valence-corrected chi connectivity index (χ0v) is 13.7. The number of aromatic nitrogens is 2. The highest BCUT2D eigenvalue weighted by Gasteiger charge is 2.17. The van der Waals surface area contributed by atoms with Gasteiger partial charge in [-0.25, -0.2) is 13.6 Å². The Morgan fingerprint density at radius 3 is 2.75 bits per heavy atom. The fourth-order valence-corrected chi connectivity index (χ4v) is 3.17. The number of carbonyl (C=O) groups is 1. The molecular weight excluding hydrogens is 328 g/mol. The van der Waals surface area contributed by atoms with Gasteiger partial charge in [0.05, 0.1) is 11.3 Å². The number of sulfonamides is 1. The highest BCUT2D eigenvalue weighted by Crippen LogP contribution is 2.22. The van der Waals surface area contributed by atoms with Crippen LogP contribution < -0.4 is 10.5 Å². The fraction of sp³-hybridized carbons (Fsp3) is 0.125. The maximum Gasteiger partial charge on any atom is 0.276 e. The van der Waals surface area contributed by atoms with Crippen LogP contribution in [0.4, 0.5) is 5.69 Å². The molecule has 7 nitrogen and oxygen atoms in total. The first kappa shape index (κ1) is 16.2. The number of benzene rings is 2. The molecule has 1 amide bonds. The maximum absolute atomic E-state index is 12.5. The third-order valence-corrected chi connectivity index (χ3v) is 4.26. The average Bonchev–Trinajstić information content (AvgIpc) is 2.92. The van der Waals surface area contributed by atoms with Gasteiger partial charge in [0.1, 0.15) is 0 Å². The molecule has 3 aromatic rings. The molecule has 0 aliphatic carbocycles. The number of H-pyrrole nitrogens is 1. The van der Waals surface area contributed by atoms with Crippen molar-refractivity contribution >= 4 is 32.5 Å². The minimum Gasteiger partial charge on any atom is -0.320 e. The molecule has 0 bridgehead atoms. The van der Waals surface area contributed by atoms with Crippen LogP contribution in [0.2, 0.25) is 0 Å². The third-order valence-electron chi connectivity index (χ3n) is 3.55. The molecule has 0 saturated carbocycles. The van der Waals surface area contributed by atoms with Crippen LogP contribution in [0.1, 0.15) is 21.6 Å². The summed E-state index contributed by atoms with van der Waals surface area (Å²) >= 11 is 0. The molecule has 0 saturated heterocycles. The molecule has 1 heterocycles. The quantitative estimate of drug-likeness (QED) is 0.670. The Morgan fingerprint density at radius 2 is 2.00 bits per heavy atom. The van der Waals surface area contributed by atoms with Gasteiger partial charge < -0.3 is 5.32 Å². The number of para-hydroxylation sites is 1. The van der Waals surface area contributed by atoms with Crippen LogP contribution in [-0.4, -0.2) is 24.5 Å². The zero-order chi connectivity index (χ0) is 17.3. The lowest BCUT2D eigenvalue weighted by molar-refractivity contribution is 0.102. The van der Waals surface area contributed by atoms with Crippen molar-refractivity contribution in [3.8, 4) is 0 Å². The van der Waals surface area contributed by atoms with Gasteiger partial charge in [-0.2, -0.15) is 5.10 Å². The lowest BCUT2D eigenvalue weighted by Gasteiger charge is -2.11. The van der Waals surface area contributed by atoms with E-state index in [1.807, 2.05) is 25.1 Å². The van der Waals surface area contributed by atoms with E-state index in [2.05, 4.69) is 15.5 Å². The first-order valence-corrected chi connectivity index (χ1v) is 8.89. The Kier molecular flexibility index (Phi) is 4.08. The first-order chi connectivity index (χ1) is 11.3. The predicted molar refractivity (Wildman–Crippen MR) is 92.0 cm³/mol. The van der Waals surface area contributed by atoms with Crippen molar-refractivity contribution in [3.63, 3.8) is 0 Å². The van der Waals surface area contributed by atoms with Crippen LogP contribution in [-0.2, 0) is 15.8 Å². The van der Waals surface area contributed by atoms with Gasteiger partial charge in [-0.15, -0.1) is 0 Å². The van der Waals surface area contributed by atoms with Crippen LogP contribution in [0.15, 0.2) is 42.5 Å². The largest absolute Gasteiger partial charge is 0.320 e. The standard InChI is InChI=1S/C16H16N4O3S/c1-10-6-7-13(11(8-10)9-24(17,22)23)18-16(21)15-12-4-2-3-5-14(12)19-20-15/h2-8H,9H2,1H3,(H,18,21)(H,19,20)(H2,17,22,23). The molecule has 3 rings (SSSR count). The van der Waals surface area contributed by atoms with Gasteiger partial charge in [0.15, 0.2) is 5.69 Å². The van der Waals surface area contributed by atoms with E-state index < -0.39 is 15.9 Å². The smallest absolute Gasteiger partial charge is 0.276 e. The Hall–Kier alpha value is -2.71. The van der Waals surface area contributed by atoms with Crippen LogP contribution >= 0.6 is 0 Å². The van der Waals surface area contributed by atoms with E-state index in [1.54, 1.807) is 24.3 Å². The van der Waals surface area contributed by atoms with E-state index in [-0.39, 0.29) is 11.4 Å². The number of aryl methyl sites for hydroxylation is 1. The maximum atomic E-state index is 12.5. The van der Waals surface area contributed by atoms with E-state index in [0.29, 0.717) is 16.6 Å². The van der Waals surface area contributed by atoms with Crippen LogP contribution in [0.25, 0.3) is 10.9 Å². The van der Waals surface area contributed by atoms with Crippen molar-refractivity contribution in [1.29, 1.82) is 0 Å². The number of aromatic amines is 1. The van der Waals surface area contributed by atoms with Crippen molar-refractivity contribution in [2.24, 2.45) is 5.14 Å². The van der Waals surface area contributed by atoms with Crippen molar-refractivity contribution in [2.45, 2.75) is 12.7 Å². The number of fused-ring (bicyclic) bond motifs is 1. The van der Waals surface area contributed by atoms with Gasteiger partial charge in [-0.1, -0.05) is 35.9 Å². The number of nitrogens with two attached hydrogens (primary N) is 1. The predicted octanol–water partition coefficient (Wildman–Crippen LogP) is 1.91. The molecule has 24 heavy (non-hydrogen) atoms. The number of carbonyl (C=O) groups excluding carboxylic acids is 1. The van der Waals surface area contributed by atoms with Gasteiger partial charge in [0, 0.05) is 11.1 Å². The van der Waals surface area contributed by atoms with Crippen molar-refractivity contribution in [2.75, 3.05) is 5.32 Å². The van der Waals surface area contributed by atoms with E-state index in [0.717, 1.165) is 11.1 Å². The number of amides is 1. The molecule has 0 unspecified atom stereocenters. The average molecular weight is 344 g/mol. The SMILES string of the molecule is Cc1ccc(NC(=O)c2n[nH]c3ccccc23)c(CS(N)(=O)=O)c1. The van der Waals surface area contributed by atoms with Gasteiger partial charge in [0.2, 0.25) is 10.0 Å². The minimum absolute atomic E-state index is 0.243. The summed E-state index contributed by atoms with van der Waals surface area (Å²) in [5.74, 6) is -0.780. The second-order valence-corrected chi connectivity index (χ2v) is 7.15. The van der Waals surface area contributed by atoms with Gasteiger partial charge in [-0.3, -0.25) is 9.89 Å². The van der Waals surface area contributed by atoms with Gasteiger partial charge in [0.25, 0.3) is 5.91 Å². The zero-order valence-electron chi connectivity index (χ0n) is 12.9. The summed E-state index contributed by atoms with van der Waals surface area (Å²) in [6, 6.07) is 12.4. The van der Waals surface area contributed by atoms with E-state index >= 15 is 0 Å². The van der Waals surface area contributed by atoms with E-state index in [4.69, 9.17) is 5.14 Å². The monoisotopic (exact) mass is 344 g/mol. The molecule has 124 valence electrons. The number of nitrogens with zero attached hydrogens (tertiary/aromatic N) is 1. The van der Waals surface area contributed by atoms with Crippen molar-refractivity contribution in [1.82, 2.24) is 10.2 Å². The Morgan fingerprint density at radius 1 is 1.25 bits per heavy atom. The second-order valence-electron chi connectivity index (χ2n) is 5.54. The summed E-state index contributed by atoms with van der Waals surface area (Å²) in [6.45, 7) is 1.83. The minimum atomic E-state index is -3.71. The molecule has 0 spiro atoms. The lowest BCUT2D eigenvalue weighted by atomic mass is 10.1. The number of rotatable bonds is 4. The lowest BCUT2D eigenvalue weighted by Crippen LogP contribution is -2.18. The molecular formula is C16H16N4O3S. The molecule has 0 radical (unpaired) electrons. The summed E-state index contributed by atoms with van der Waals surface area (Å²) in [4.78, 5) is 12.5.